The molecular formula is C18H14Cl2N2O3S. The van der Waals surface area contributed by atoms with E-state index in [1.54, 1.807) is 37.5 Å². The molecule has 0 spiro atoms. The molecule has 1 aliphatic rings. The zero-order valence-corrected chi connectivity index (χ0v) is 16.0. The molecule has 2 N–H and O–H groups in total. The largest absolute Gasteiger partial charge is 0.493 e. The van der Waals surface area contributed by atoms with Crippen molar-refractivity contribution in [2.24, 2.45) is 10.7 Å². The smallest absolute Gasteiger partial charge is 0.286 e. The van der Waals surface area contributed by atoms with Crippen LogP contribution in [0.3, 0.4) is 0 Å². The van der Waals surface area contributed by atoms with Gasteiger partial charge in [0.1, 0.15) is 6.61 Å². The zero-order chi connectivity index (χ0) is 18.7. The normalized spacial score (nSPS) is 15.3. The molecule has 0 saturated carbocycles. The van der Waals surface area contributed by atoms with E-state index in [4.69, 9.17) is 38.4 Å². The first-order chi connectivity index (χ1) is 12.5. The first kappa shape index (κ1) is 18.6. The monoisotopic (exact) mass is 408 g/mol. The first-order valence-corrected chi connectivity index (χ1v) is 9.06. The molecule has 0 unspecified atom stereocenters. The maximum atomic E-state index is 11.7. The lowest BCUT2D eigenvalue weighted by Crippen LogP contribution is -2.01. The Bertz CT molecular complexity index is 929. The van der Waals surface area contributed by atoms with Crippen molar-refractivity contribution in [2.45, 2.75) is 6.61 Å². The molecule has 0 atom stereocenters. The number of thioether (sulfide) groups is 1. The number of rotatable bonds is 5. The van der Waals surface area contributed by atoms with E-state index in [0.29, 0.717) is 26.4 Å². The fraction of sp³-hybridized carbons (Fsp3) is 0.111. The Kier molecular flexibility index (Phi) is 5.76. The molecular weight excluding hydrogens is 395 g/mol. The second-order valence-electron chi connectivity index (χ2n) is 5.30. The lowest BCUT2D eigenvalue weighted by molar-refractivity contribution is -0.113. The van der Waals surface area contributed by atoms with Crippen molar-refractivity contribution in [3.8, 4) is 11.5 Å². The number of benzene rings is 2. The average Bonchev–Trinajstić information content (AvgIpc) is 2.92. The van der Waals surface area contributed by atoms with Crippen molar-refractivity contribution in [1.82, 2.24) is 0 Å². The minimum Gasteiger partial charge on any atom is -0.493 e. The zero-order valence-electron chi connectivity index (χ0n) is 13.7. The van der Waals surface area contributed by atoms with Crippen LogP contribution in [0.4, 0.5) is 0 Å². The van der Waals surface area contributed by atoms with Gasteiger partial charge in [0.05, 0.1) is 12.0 Å². The van der Waals surface area contributed by atoms with Gasteiger partial charge in [-0.2, -0.15) is 4.99 Å². The van der Waals surface area contributed by atoms with Gasteiger partial charge in [0, 0.05) is 15.6 Å². The molecule has 5 nitrogen and oxygen atoms in total. The summed E-state index contributed by atoms with van der Waals surface area (Å²) in [6, 6.07) is 10.6. The maximum Gasteiger partial charge on any atom is 0.286 e. The minimum atomic E-state index is -0.343. The van der Waals surface area contributed by atoms with Gasteiger partial charge in [-0.15, -0.1) is 0 Å². The van der Waals surface area contributed by atoms with E-state index in [1.165, 1.54) is 0 Å². The Balaban J connectivity index is 1.77. The Hall–Kier alpha value is -2.15. The highest BCUT2D eigenvalue weighted by atomic mass is 35.5. The molecule has 134 valence electrons. The third kappa shape index (κ3) is 4.33. The van der Waals surface area contributed by atoms with E-state index < -0.39 is 0 Å². The number of amidine groups is 1. The minimum absolute atomic E-state index is 0.244. The molecule has 0 bridgehead atoms. The van der Waals surface area contributed by atoms with Crippen LogP contribution in [0.15, 0.2) is 46.3 Å². The highest BCUT2D eigenvalue weighted by Crippen LogP contribution is 2.32. The number of nitrogens with two attached hydrogens (primary N) is 1. The summed E-state index contributed by atoms with van der Waals surface area (Å²) >= 11 is 13.2. The van der Waals surface area contributed by atoms with Crippen LogP contribution in [0, 0.1) is 0 Å². The number of carbonyl (C=O) groups is 1. The van der Waals surface area contributed by atoms with Crippen molar-refractivity contribution in [3.63, 3.8) is 0 Å². The summed E-state index contributed by atoms with van der Waals surface area (Å²) in [6.07, 6.45) is 1.71. The predicted octanol–water partition coefficient (Wildman–Crippen LogP) is 4.51. The van der Waals surface area contributed by atoms with Gasteiger partial charge in [0.25, 0.3) is 5.91 Å². The number of carbonyl (C=O) groups excluding carboxylic acids is 1. The van der Waals surface area contributed by atoms with Crippen LogP contribution in [0.2, 0.25) is 10.0 Å². The van der Waals surface area contributed by atoms with Gasteiger partial charge in [-0.25, -0.2) is 0 Å². The van der Waals surface area contributed by atoms with Crippen molar-refractivity contribution in [2.75, 3.05) is 7.11 Å². The van der Waals surface area contributed by atoms with E-state index in [-0.39, 0.29) is 17.7 Å². The summed E-state index contributed by atoms with van der Waals surface area (Å²) in [5.74, 6) is 0.750. The molecule has 26 heavy (non-hydrogen) atoms. The number of hydrogen-bond donors (Lipinski definition) is 1. The lowest BCUT2D eigenvalue weighted by atomic mass is 10.2. The number of aliphatic imine (C=N–C) groups is 1. The summed E-state index contributed by atoms with van der Waals surface area (Å²) in [6.45, 7) is 0.269. The summed E-state index contributed by atoms with van der Waals surface area (Å²) in [5.41, 5.74) is 7.14. The molecule has 0 aliphatic carbocycles. The number of hydrogen-bond acceptors (Lipinski definition) is 5. The van der Waals surface area contributed by atoms with Gasteiger partial charge >= 0.3 is 0 Å². The van der Waals surface area contributed by atoms with Gasteiger partial charge in [-0.05, 0) is 47.7 Å². The van der Waals surface area contributed by atoms with Crippen LogP contribution in [0.5, 0.6) is 11.5 Å². The second-order valence-corrected chi connectivity index (χ2v) is 7.21. The Labute approximate surface area is 164 Å². The topological polar surface area (TPSA) is 73.9 Å². The van der Waals surface area contributed by atoms with Crippen LogP contribution in [0.25, 0.3) is 6.08 Å². The van der Waals surface area contributed by atoms with Gasteiger partial charge in [-0.1, -0.05) is 35.3 Å². The Morgan fingerprint density at radius 3 is 2.65 bits per heavy atom. The number of nitrogens with zero attached hydrogens (tertiary/aromatic N) is 1. The fourth-order valence-electron chi connectivity index (χ4n) is 2.26. The van der Waals surface area contributed by atoms with Crippen LogP contribution >= 0.6 is 35.0 Å². The third-order valence-corrected chi connectivity index (χ3v) is 4.92. The molecule has 2 aromatic rings. The lowest BCUT2D eigenvalue weighted by Gasteiger charge is -2.12. The standard InChI is InChI=1S/C18H14Cl2N2O3S/c1-24-15-6-10(7-16-17(23)22-18(21)26-16)2-5-14(15)25-9-11-3-4-12(19)8-13(11)20/h2-8H,9H2,1H3,(H2,21,22,23)/b16-7-. The summed E-state index contributed by atoms with van der Waals surface area (Å²) < 4.78 is 11.2. The van der Waals surface area contributed by atoms with Crippen molar-refractivity contribution < 1.29 is 14.3 Å². The molecule has 3 rings (SSSR count). The van der Waals surface area contributed by atoms with Crippen molar-refractivity contribution in [3.05, 3.63) is 62.5 Å². The van der Waals surface area contributed by atoms with Crippen LogP contribution in [-0.2, 0) is 11.4 Å². The van der Waals surface area contributed by atoms with E-state index in [9.17, 15) is 4.79 Å². The van der Waals surface area contributed by atoms with Crippen molar-refractivity contribution >= 4 is 52.1 Å². The van der Waals surface area contributed by atoms with Crippen molar-refractivity contribution in [1.29, 1.82) is 0 Å². The second kappa shape index (κ2) is 8.03. The highest BCUT2D eigenvalue weighted by molar-refractivity contribution is 8.18. The van der Waals surface area contributed by atoms with Gasteiger partial charge in [0.2, 0.25) is 0 Å². The third-order valence-electron chi connectivity index (χ3n) is 3.52. The molecule has 1 heterocycles. The van der Waals surface area contributed by atoms with Crippen LogP contribution < -0.4 is 15.2 Å². The molecule has 8 heteroatoms. The van der Waals surface area contributed by atoms with E-state index in [1.807, 2.05) is 12.1 Å². The first-order valence-electron chi connectivity index (χ1n) is 7.49. The quantitative estimate of drug-likeness (QED) is 0.736. The molecule has 1 amide bonds. The summed E-state index contributed by atoms with van der Waals surface area (Å²) in [5, 5.41) is 1.35. The van der Waals surface area contributed by atoms with Crippen LogP contribution in [-0.4, -0.2) is 18.2 Å². The van der Waals surface area contributed by atoms with E-state index >= 15 is 0 Å². The molecule has 0 aromatic heterocycles. The van der Waals surface area contributed by atoms with E-state index in [0.717, 1.165) is 22.9 Å². The molecule has 0 fully saturated rings. The van der Waals surface area contributed by atoms with Gasteiger partial charge < -0.3 is 15.2 Å². The number of amides is 1. The molecule has 2 aromatic carbocycles. The predicted molar refractivity (Wildman–Crippen MR) is 106 cm³/mol. The van der Waals surface area contributed by atoms with Gasteiger partial charge in [-0.3, -0.25) is 4.79 Å². The van der Waals surface area contributed by atoms with Gasteiger partial charge in [0.15, 0.2) is 16.7 Å². The molecule has 1 aliphatic heterocycles. The number of methoxy groups -OCH3 is 1. The Morgan fingerprint density at radius 1 is 1.19 bits per heavy atom. The molecule has 0 saturated heterocycles. The summed E-state index contributed by atoms with van der Waals surface area (Å²) in [4.78, 5) is 15.8. The number of halogens is 2. The fourth-order valence-corrected chi connectivity index (χ4v) is 3.41. The maximum absolute atomic E-state index is 11.7. The summed E-state index contributed by atoms with van der Waals surface area (Å²) in [7, 11) is 1.55. The average molecular weight is 409 g/mol. The van der Waals surface area contributed by atoms with E-state index in [2.05, 4.69) is 4.99 Å². The van der Waals surface area contributed by atoms with Crippen LogP contribution in [0.1, 0.15) is 11.1 Å². The Morgan fingerprint density at radius 2 is 2.00 bits per heavy atom. The molecule has 0 radical (unpaired) electrons. The SMILES string of the molecule is COc1cc(/C=C2\SC(N)=NC2=O)ccc1OCc1ccc(Cl)cc1Cl. The highest BCUT2D eigenvalue weighted by Gasteiger charge is 2.19. The number of ether oxygens (including phenoxy) is 2.